The number of ether oxygens (including phenoxy) is 3. The molecule has 0 N–H and O–H groups in total. The molecule has 0 saturated carbocycles. The summed E-state index contributed by atoms with van der Waals surface area (Å²) >= 11 is 0. The van der Waals surface area contributed by atoms with Gasteiger partial charge < -0.3 is 14.2 Å². The van der Waals surface area contributed by atoms with Gasteiger partial charge in [0.1, 0.15) is 13.2 Å². The summed E-state index contributed by atoms with van der Waals surface area (Å²) < 4.78 is 16.8. The van der Waals surface area contributed by atoms with Gasteiger partial charge in [-0.15, -0.1) is 0 Å². The Morgan fingerprint density at radius 3 is 1.02 bits per heavy atom. The van der Waals surface area contributed by atoms with Crippen LogP contribution in [0.3, 0.4) is 0 Å². The fourth-order valence-corrected chi connectivity index (χ4v) is 7.11. The molecule has 0 saturated heterocycles. The first-order chi connectivity index (χ1) is 29.0. The highest BCUT2D eigenvalue weighted by Gasteiger charge is 2.19. The summed E-state index contributed by atoms with van der Waals surface area (Å²) in [5.74, 6) is -0.888. The average molecular weight is 827 g/mol. The Kier molecular flexibility index (Phi) is 45.9. The third-order valence-corrected chi connectivity index (χ3v) is 10.8. The molecule has 342 valence electrons. The van der Waals surface area contributed by atoms with E-state index < -0.39 is 6.10 Å². The van der Waals surface area contributed by atoms with Gasteiger partial charge in [0.2, 0.25) is 0 Å². The Labute approximate surface area is 365 Å². The molecule has 0 bridgehead atoms. The molecule has 0 aliphatic carbocycles. The summed E-state index contributed by atoms with van der Waals surface area (Å²) in [4.78, 5) is 37.9. The zero-order chi connectivity index (χ0) is 43.0. The smallest absolute Gasteiger partial charge is 0.306 e. The zero-order valence-electron chi connectivity index (χ0n) is 39.0. The van der Waals surface area contributed by atoms with Crippen LogP contribution in [0, 0.1) is 0 Å². The fourth-order valence-electron chi connectivity index (χ4n) is 7.11. The third kappa shape index (κ3) is 46.3. The number of carbonyl (C=O) groups is 3. The van der Waals surface area contributed by atoms with Crippen LogP contribution in [0.5, 0.6) is 0 Å². The first kappa shape index (κ1) is 56.4. The van der Waals surface area contributed by atoms with Gasteiger partial charge in [-0.1, -0.05) is 211 Å². The molecule has 0 aliphatic rings. The minimum absolute atomic E-state index is 0.0768. The third-order valence-electron chi connectivity index (χ3n) is 10.8. The van der Waals surface area contributed by atoms with Crippen LogP contribution in [0.1, 0.15) is 252 Å². The normalized spacial score (nSPS) is 12.4. The van der Waals surface area contributed by atoms with E-state index >= 15 is 0 Å². The summed E-state index contributed by atoms with van der Waals surface area (Å²) in [5, 5.41) is 0. The Bertz CT molecular complexity index is 1040. The highest BCUT2D eigenvalue weighted by Crippen LogP contribution is 2.15. The van der Waals surface area contributed by atoms with Crippen molar-refractivity contribution in [2.24, 2.45) is 0 Å². The molecule has 0 radical (unpaired) electrons. The second-order valence-electron chi connectivity index (χ2n) is 16.7. The van der Waals surface area contributed by atoms with E-state index in [9.17, 15) is 14.4 Å². The summed E-state index contributed by atoms with van der Waals surface area (Å²) in [5.41, 5.74) is 0. The Balaban J connectivity index is 4.38. The van der Waals surface area contributed by atoms with Crippen LogP contribution >= 0.6 is 0 Å². The lowest BCUT2D eigenvalue weighted by Gasteiger charge is -2.18. The molecule has 6 heteroatoms. The molecule has 0 aliphatic heterocycles. The van der Waals surface area contributed by atoms with Crippen molar-refractivity contribution >= 4 is 17.9 Å². The Morgan fingerprint density at radius 2 is 0.661 bits per heavy atom. The van der Waals surface area contributed by atoms with E-state index in [0.29, 0.717) is 19.3 Å². The molecule has 0 rings (SSSR count). The van der Waals surface area contributed by atoms with Crippen molar-refractivity contribution in [1.29, 1.82) is 0 Å². The van der Waals surface area contributed by atoms with Crippen molar-refractivity contribution in [3.63, 3.8) is 0 Å². The number of carbonyl (C=O) groups excluding carboxylic acids is 3. The molecule has 6 nitrogen and oxygen atoms in total. The van der Waals surface area contributed by atoms with Crippen LogP contribution in [0.2, 0.25) is 0 Å². The SMILES string of the molecule is CC/C=C\C/C=C\CCCCCCCCCC(=O)OCC(COC(=O)CCCCCCCCCCCCCCC)OC(=O)CCCCCCCCC/C=C\C/C=C\CC. The number of unbranched alkanes of at least 4 members (excludes halogenated alkanes) is 26. The van der Waals surface area contributed by atoms with Crippen molar-refractivity contribution in [1.82, 2.24) is 0 Å². The van der Waals surface area contributed by atoms with Crippen molar-refractivity contribution < 1.29 is 28.6 Å². The van der Waals surface area contributed by atoms with E-state index in [1.807, 2.05) is 0 Å². The first-order valence-electron chi connectivity index (χ1n) is 25.1. The first-order valence-corrected chi connectivity index (χ1v) is 25.1. The lowest BCUT2D eigenvalue weighted by Crippen LogP contribution is -2.30. The summed E-state index contributed by atoms with van der Waals surface area (Å²) in [7, 11) is 0. The lowest BCUT2D eigenvalue weighted by molar-refractivity contribution is -0.167. The van der Waals surface area contributed by atoms with Crippen LogP contribution in [0.4, 0.5) is 0 Å². The summed E-state index contributed by atoms with van der Waals surface area (Å²) in [6.07, 6.45) is 56.6. The van der Waals surface area contributed by atoms with Gasteiger partial charge in [-0.05, 0) is 70.6 Å². The topological polar surface area (TPSA) is 78.9 Å². The second kappa shape index (κ2) is 48.0. The molecule has 0 spiro atoms. The molecule has 1 unspecified atom stereocenters. The van der Waals surface area contributed by atoms with Gasteiger partial charge in [0.15, 0.2) is 6.10 Å². The van der Waals surface area contributed by atoms with E-state index in [2.05, 4.69) is 69.4 Å². The summed E-state index contributed by atoms with van der Waals surface area (Å²) in [6.45, 7) is 6.42. The average Bonchev–Trinajstić information content (AvgIpc) is 3.23. The molecule has 0 amide bonds. The van der Waals surface area contributed by atoms with Gasteiger partial charge in [0, 0.05) is 19.3 Å². The van der Waals surface area contributed by atoms with E-state index in [-0.39, 0.29) is 31.1 Å². The molecular formula is C53H94O6. The van der Waals surface area contributed by atoms with E-state index in [1.165, 1.54) is 116 Å². The zero-order valence-corrected chi connectivity index (χ0v) is 39.0. The van der Waals surface area contributed by atoms with E-state index in [4.69, 9.17) is 14.2 Å². The van der Waals surface area contributed by atoms with Crippen molar-refractivity contribution in [3.05, 3.63) is 48.6 Å². The molecule has 59 heavy (non-hydrogen) atoms. The minimum atomic E-state index is -0.776. The summed E-state index contributed by atoms with van der Waals surface area (Å²) in [6, 6.07) is 0. The number of allylic oxidation sites excluding steroid dienone is 8. The standard InChI is InChI=1S/C53H94O6/c1-4-7-10-13-16-19-22-25-28-31-34-37-40-43-46-52(55)58-49-50(48-57-51(54)45-42-39-36-33-30-27-24-21-18-15-12-9-6-3)59-53(56)47-44-41-38-35-32-29-26-23-20-17-14-11-8-5-2/h7-8,10-11,16-17,19-20,50H,4-6,9,12-15,18,21-49H2,1-3H3/b10-7-,11-8-,19-16-,20-17-. The monoisotopic (exact) mass is 827 g/mol. The van der Waals surface area contributed by atoms with Gasteiger partial charge in [-0.2, -0.15) is 0 Å². The maximum Gasteiger partial charge on any atom is 0.306 e. The minimum Gasteiger partial charge on any atom is -0.462 e. The van der Waals surface area contributed by atoms with Crippen LogP contribution in [-0.4, -0.2) is 37.2 Å². The van der Waals surface area contributed by atoms with Crippen LogP contribution in [0.25, 0.3) is 0 Å². The Morgan fingerprint density at radius 1 is 0.356 bits per heavy atom. The van der Waals surface area contributed by atoms with E-state index in [1.54, 1.807) is 0 Å². The largest absolute Gasteiger partial charge is 0.462 e. The number of esters is 3. The number of rotatable bonds is 45. The molecule has 0 aromatic rings. The maximum absolute atomic E-state index is 12.8. The maximum atomic E-state index is 12.8. The quantitative estimate of drug-likeness (QED) is 0.0263. The van der Waals surface area contributed by atoms with Crippen LogP contribution in [-0.2, 0) is 28.6 Å². The predicted octanol–water partition coefficient (Wildman–Crippen LogP) is 16.3. The van der Waals surface area contributed by atoms with Crippen molar-refractivity contribution in [2.45, 2.75) is 258 Å². The van der Waals surface area contributed by atoms with Crippen molar-refractivity contribution in [2.75, 3.05) is 13.2 Å². The van der Waals surface area contributed by atoms with Crippen LogP contribution < -0.4 is 0 Å². The highest BCUT2D eigenvalue weighted by atomic mass is 16.6. The van der Waals surface area contributed by atoms with Gasteiger partial charge in [-0.25, -0.2) is 0 Å². The van der Waals surface area contributed by atoms with E-state index in [0.717, 1.165) is 96.3 Å². The number of hydrogen-bond donors (Lipinski definition) is 0. The van der Waals surface area contributed by atoms with Crippen LogP contribution in [0.15, 0.2) is 48.6 Å². The lowest BCUT2D eigenvalue weighted by atomic mass is 10.0. The fraction of sp³-hybridized carbons (Fsp3) is 0.792. The predicted molar refractivity (Wildman–Crippen MR) is 252 cm³/mol. The molecular weight excluding hydrogens is 733 g/mol. The van der Waals surface area contributed by atoms with Gasteiger partial charge in [0.25, 0.3) is 0 Å². The Hall–Kier alpha value is -2.63. The van der Waals surface area contributed by atoms with Gasteiger partial charge in [-0.3, -0.25) is 14.4 Å². The highest BCUT2D eigenvalue weighted by molar-refractivity contribution is 5.71. The van der Waals surface area contributed by atoms with Gasteiger partial charge in [0.05, 0.1) is 0 Å². The molecule has 0 aromatic carbocycles. The molecule has 0 heterocycles. The second-order valence-corrected chi connectivity index (χ2v) is 16.7. The van der Waals surface area contributed by atoms with Crippen molar-refractivity contribution in [3.8, 4) is 0 Å². The van der Waals surface area contributed by atoms with Gasteiger partial charge >= 0.3 is 17.9 Å². The molecule has 1 atom stereocenters. The number of hydrogen-bond acceptors (Lipinski definition) is 6. The molecule has 0 fully saturated rings. The molecule has 0 aromatic heterocycles.